The van der Waals surface area contributed by atoms with Crippen LogP contribution in [-0.4, -0.2) is 17.5 Å². The Balaban J connectivity index is 1.68. The fourth-order valence-corrected chi connectivity index (χ4v) is 2.26. The first-order valence-corrected chi connectivity index (χ1v) is 7.39. The summed E-state index contributed by atoms with van der Waals surface area (Å²) in [5.41, 5.74) is 4.50. The highest BCUT2D eigenvalue weighted by Crippen LogP contribution is 2.14. The lowest BCUT2D eigenvalue weighted by atomic mass is 9.99. The van der Waals surface area contributed by atoms with Crippen LogP contribution in [0.3, 0.4) is 0 Å². The highest BCUT2D eigenvalue weighted by molar-refractivity contribution is 5.97. The molecule has 1 aromatic carbocycles. The van der Waals surface area contributed by atoms with Gasteiger partial charge in [-0.1, -0.05) is 36.8 Å². The maximum atomic E-state index is 11.7. The largest absolute Gasteiger partial charge is 0.352 e. The summed E-state index contributed by atoms with van der Waals surface area (Å²) in [6, 6.07) is 9.59. The van der Waals surface area contributed by atoms with E-state index in [0.29, 0.717) is 6.54 Å². The molecule has 1 fully saturated rings. The van der Waals surface area contributed by atoms with E-state index in [2.05, 4.69) is 15.8 Å². The zero-order valence-electron chi connectivity index (χ0n) is 12.1. The zero-order chi connectivity index (χ0) is 14.9. The molecule has 0 aromatic heterocycles. The van der Waals surface area contributed by atoms with Crippen molar-refractivity contribution in [1.29, 1.82) is 0 Å². The minimum Gasteiger partial charge on any atom is -0.352 e. The van der Waals surface area contributed by atoms with Gasteiger partial charge in [0.2, 0.25) is 11.8 Å². The average molecular weight is 287 g/mol. The number of hydrazone groups is 1. The van der Waals surface area contributed by atoms with Crippen LogP contribution in [0.25, 0.3) is 0 Å². The van der Waals surface area contributed by atoms with Gasteiger partial charge in [0.05, 0.1) is 0 Å². The van der Waals surface area contributed by atoms with Crippen LogP contribution in [0.5, 0.6) is 0 Å². The third-order valence-corrected chi connectivity index (χ3v) is 3.42. The van der Waals surface area contributed by atoms with Crippen molar-refractivity contribution in [2.75, 3.05) is 0 Å². The van der Waals surface area contributed by atoms with Crippen molar-refractivity contribution in [2.24, 2.45) is 5.10 Å². The molecule has 0 saturated heterocycles. The first-order chi connectivity index (χ1) is 10.2. The maximum Gasteiger partial charge on any atom is 0.249 e. The van der Waals surface area contributed by atoms with Crippen LogP contribution in [0.1, 0.15) is 44.1 Å². The molecule has 0 radical (unpaired) electrons. The van der Waals surface area contributed by atoms with Gasteiger partial charge < -0.3 is 5.32 Å². The number of benzene rings is 1. The fraction of sp³-hybridized carbons (Fsp3) is 0.438. The molecule has 1 aliphatic rings. The Morgan fingerprint density at radius 2 is 1.71 bits per heavy atom. The highest BCUT2D eigenvalue weighted by atomic mass is 16.2. The number of nitrogens with one attached hydrogen (secondary N) is 2. The molecule has 5 nitrogen and oxygen atoms in total. The molecule has 21 heavy (non-hydrogen) atoms. The van der Waals surface area contributed by atoms with Crippen LogP contribution in [0.4, 0.5) is 0 Å². The fourth-order valence-electron chi connectivity index (χ4n) is 2.26. The van der Waals surface area contributed by atoms with Gasteiger partial charge in [-0.15, -0.1) is 0 Å². The minimum atomic E-state index is -0.362. The monoisotopic (exact) mass is 287 g/mol. The Morgan fingerprint density at radius 1 is 1.00 bits per heavy atom. The summed E-state index contributed by atoms with van der Waals surface area (Å²) in [5, 5.41) is 6.81. The summed E-state index contributed by atoms with van der Waals surface area (Å²) in [4.78, 5) is 23.3. The second kappa shape index (κ2) is 8.19. The minimum absolute atomic E-state index is 0.191. The topological polar surface area (TPSA) is 70.6 Å². The van der Waals surface area contributed by atoms with E-state index in [0.717, 1.165) is 37.0 Å². The van der Waals surface area contributed by atoms with Crippen molar-refractivity contribution in [2.45, 2.75) is 45.1 Å². The van der Waals surface area contributed by atoms with Crippen LogP contribution in [-0.2, 0) is 16.1 Å². The number of rotatable bonds is 5. The lowest BCUT2D eigenvalue weighted by molar-refractivity contribution is -0.129. The Labute approximate surface area is 124 Å². The smallest absolute Gasteiger partial charge is 0.249 e. The summed E-state index contributed by atoms with van der Waals surface area (Å²) in [7, 11) is 0. The van der Waals surface area contributed by atoms with E-state index < -0.39 is 0 Å². The third kappa shape index (κ3) is 5.77. The van der Waals surface area contributed by atoms with Gasteiger partial charge in [-0.2, -0.15) is 5.10 Å². The van der Waals surface area contributed by atoms with Crippen LogP contribution in [0.2, 0.25) is 0 Å². The lowest BCUT2D eigenvalue weighted by Gasteiger charge is -2.12. The summed E-state index contributed by atoms with van der Waals surface area (Å²) in [6.07, 6.45) is 5.19. The van der Waals surface area contributed by atoms with Crippen LogP contribution in [0.15, 0.2) is 35.4 Å². The van der Waals surface area contributed by atoms with Crippen molar-refractivity contribution in [3.63, 3.8) is 0 Å². The normalized spacial score (nSPS) is 14.4. The van der Waals surface area contributed by atoms with E-state index in [1.807, 2.05) is 30.3 Å². The number of hydrogen-bond acceptors (Lipinski definition) is 3. The molecule has 0 heterocycles. The van der Waals surface area contributed by atoms with Crippen molar-refractivity contribution < 1.29 is 9.59 Å². The van der Waals surface area contributed by atoms with Gasteiger partial charge in [0.25, 0.3) is 0 Å². The molecule has 1 aliphatic carbocycles. The quantitative estimate of drug-likeness (QED) is 0.643. The van der Waals surface area contributed by atoms with Gasteiger partial charge in [0.15, 0.2) is 0 Å². The molecular weight excluding hydrogens is 266 g/mol. The van der Waals surface area contributed by atoms with Crippen molar-refractivity contribution in [1.82, 2.24) is 10.7 Å². The predicted octanol–water partition coefficient (Wildman–Crippen LogP) is 2.13. The van der Waals surface area contributed by atoms with Crippen molar-refractivity contribution in [3.8, 4) is 0 Å². The standard InChI is InChI=1S/C16H21N3O2/c20-15(17-12-13-7-3-1-4-8-13)11-16(21)19-18-14-9-5-2-6-10-14/h1,3-4,7-8H,2,5-6,9-12H2,(H,17,20)(H,19,21). The van der Waals surface area contributed by atoms with E-state index in [1.165, 1.54) is 6.42 Å². The molecule has 112 valence electrons. The first kappa shape index (κ1) is 15.2. The lowest BCUT2D eigenvalue weighted by Crippen LogP contribution is -2.30. The molecule has 1 saturated carbocycles. The van der Waals surface area contributed by atoms with Crippen molar-refractivity contribution >= 4 is 17.5 Å². The predicted molar refractivity (Wildman–Crippen MR) is 81.6 cm³/mol. The molecular formula is C16H21N3O2. The highest BCUT2D eigenvalue weighted by Gasteiger charge is 2.10. The van der Waals surface area contributed by atoms with E-state index in [4.69, 9.17) is 0 Å². The van der Waals surface area contributed by atoms with Gasteiger partial charge in [0.1, 0.15) is 6.42 Å². The molecule has 0 bridgehead atoms. The van der Waals surface area contributed by atoms with E-state index in [-0.39, 0.29) is 18.2 Å². The number of nitrogens with zero attached hydrogens (tertiary/aromatic N) is 1. The van der Waals surface area contributed by atoms with E-state index in [1.54, 1.807) is 0 Å². The third-order valence-electron chi connectivity index (χ3n) is 3.42. The van der Waals surface area contributed by atoms with Gasteiger partial charge >= 0.3 is 0 Å². The van der Waals surface area contributed by atoms with Gasteiger partial charge in [0, 0.05) is 12.3 Å². The SMILES string of the molecule is O=C(CC(=O)NN=C1CCCCC1)NCc1ccccc1. The number of carbonyl (C=O) groups is 2. The number of amides is 2. The summed E-state index contributed by atoms with van der Waals surface area (Å²) >= 11 is 0. The van der Waals surface area contributed by atoms with Crippen molar-refractivity contribution in [3.05, 3.63) is 35.9 Å². The second-order valence-corrected chi connectivity index (χ2v) is 5.21. The van der Waals surface area contributed by atoms with Crippen LogP contribution in [0, 0.1) is 0 Å². The molecule has 1 aromatic rings. The Morgan fingerprint density at radius 3 is 2.43 bits per heavy atom. The molecule has 2 amide bonds. The molecule has 0 atom stereocenters. The molecule has 0 spiro atoms. The summed E-state index contributed by atoms with van der Waals surface area (Å²) in [6.45, 7) is 0.432. The maximum absolute atomic E-state index is 11.7. The van der Waals surface area contributed by atoms with Gasteiger partial charge in [-0.3, -0.25) is 9.59 Å². The molecule has 2 rings (SSSR count). The Bertz CT molecular complexity index is 504. The average Bonchev–Trinajstić information content (AvgIpc) is 2.53. The number of carbonyl (C=O) groups excluding carboxylic acids is 2. The van der Waals surface area contributed by atoms with Crippen LogP contribution < -0.4 is 10.7 Å². The first-order valence-electron chi connectivity index (χ1n) is 7.39. The Hall–Kier alpha value is -2.17. The van der Waals surface area contributed by atoms with Crippen LogP contribution >= 0.6 is 0 Å². The van der Waals surface area contributed by atoms with Gasteiger partial charge in [-0.25, -0.2) is 5.43 Å². The second-order valence-electron chi connectivity index (χ2n) is 5.21. The summed E-state index contributed by atoms with van der Waals surface area (Å²) in [5.74, 6) is -0.654. The molecule has 5 heteroatoms. The van der Waals surface area contributed by atoms with E-state index in [9.17, 15) is 9.59 Å². The van der Waals surface area contributed by atoms with Gasteiger partial charge in [-0.05, 0) is 31.2 Å². The zero-order valence-corrected chi connectivity index (χ0v) is 12.1. The Kier molecular flexibility index (Phi) is 5.94. The molecule has 0 unspecified atom stereocenters. The summed E-state index contributed by atoms with van der Waals surface area (Å²) < 4.78 is 0. The number of hydrogen-bond donors (Lipinski definition) is 2. The van der Waals surface area contributed by atoms with E-state index >= 15 is 0 Å². The molecule has 0 aliphatic heterocycles. The molecule has 2 N–H and O–H groups in total.